The van der Waals surface area contributed by atoms with Gasteiger partial charge in [0, 0.05) is 18.7 Å². The number of ether oxygens (including phenoxy) is 1. The van der Waals surface area contributed by atoms with Crippen molar-refractivity contribution in [1.82, 2.24) is 0 Å². The van der Waals surface area contributed by atoms with Gasteiger partial charge in [-0.1, -0.05) is 0 Å². The molecule has 0 bridgehead atoms. The fourth-order valence-electron chi connectivity index (χ4n) is 0.988. The van der Waals surface area contributed by atoms with E-state index in [0.29, 0.717) is 0 Å². The lowest BCUT2D eigenvalue weighted by molar-refractivity contribution is 0.415. The monoisotopic (exact) mass is 175 g/mol. The van der Waals surface area contributed by atoms with Crippen LogP contribution in [0.4, 0.5) is 5.69 Å². The smallest absolute Gasteiger partial charge is 0.119 e. The summed E-state index contributed by atoms with van der Waals surface area (Å²) in [5.74, 6) is 3.44. The van der Waals surface area contributed by atoms with Crippen LogP contribution >= 0.6 is 0 Å². The minimum atomic E-state index is 0.742. The van der Waals surface area contributed by atoms with Gasteiger partial charge in [0.1, 0.15) is 5.75 Å². The van der Waals surface area contributed by atoms with Gasteiger partial charge in [-0.25, -0.2) is 0 Å². The summed E-state index contributed by atoms with van der Waals surface area (Å²) >= 11 is 0. The van der Waals surface area contributed by atoms with Crippen LogP contribution in [0.3, 0.4) is 0 Å². The second-order valence-corrected chi connectivity index (χ2v) is 2.61. The second kappa shape index (κ2) is 5.10. The Morgan fingerprint density at radius 3 is 2.62 bits per heavy atom. The van der Waals surface area contributed by atoms with Crippen LogP contribution < -0.4 is 10.1 Å². The first kappa shape index (κ1) is 9.47. The van der Waals surface area contributed by atoms with Crippen molar-refractivity contribution in [1.29, 1.82) is 0 Å². The first-order chi connectivity index (χ1) is 6.36. The maximum Gasteiger partial charge on any atom is 0.119 e. The molecule has 1 aromatic carbocycles. The molecule has 13 heavy (non-hydrogen) atoms. The molecule has 0 radical (unpaired) electrons. The Labute approximate surface area is 78.9 Å². The molecule has 0 fully saturated rings. The number of rotatable bonds is 4. The van der Waals surface area contributed by atoms with Crippen molar-refractivity contribution in [3.63, 3.8) is 0 Å². The van der Waals surface area contributed by atoms with Gasteiger partial charge in [0.2, 0.25) is 0 Å². The Morgan fingerprint density at radius 1 is 1.38 bits per heavy atom. The van der Waals surface area contributed by atoms with Crippen molar-refractivity contribution in [3.05, 3.63) is 24.3 Å². The summed E-state index contributed by atoms with van der Waals surface area (Å²) < 4.78 is 5.03. The molecule has 0 aromatic heterocycles. The van der Waals surface area contributed by atoms with E-state index < -0.39 is 0 Å². The van der Waals surface area contributed by atoms with Crippen LogP contribution in [0, 0.1) is 12.3 Å². The Hall–Kier alpha value is -1.62. The van der Waals surface area contributed by atoms with E-state index in [1.54, 1.807) is 7.11 Å². The molecule has 0 aliphatic carbocycles. The normalized spacial score (nSPS) is 8.92. The molecule has 0 amide bonds. The van der Waals surface area contributed by atoms with Gasteiger partial charge in [0.15, 0.2) is 0 Å². The molecule has 2 heteroatoms. The van der Waals surface area contributed by atoms with E-state index in [4.69, 9.17) is 11.2 Å². The average Bonchev–Trinajstić information content (AvgIpc) is 2.19. The van der Waals surface area contributed by atoms with Crippen LogP contribution in [0.5, 0.6) is 5.75 Å². The molecular formula is C11H13NO. The van der Waals surface area contributed by atoms with Crippen LogP contribution in [0.1, 0.15) is 6.42 Å². The third kappa shape index (κ3) is 3.08. The minimum Gasteiger partial charge on any atom is -0.497 e. The van der Waals surface area contributed by atoms with Crippen LogP contribution in [0.15, 0.2) is 24.3 Å². The number of benzene rings is 1. The maximum absolute atomic E-state index is 5.13. The summed E-state index contributed by atoms with van der Waals surface area (Å²) in [5, 5.41) is 3.20. The molecule has 1 N–H and O–H groups in total. The Bertz CT molecular complexity index is 284. The maximum atomic E-state index is 5.13. The molecule has 1 aromatic rings. The van der Waals surface area contributed by atoms with Crippen molar-refractivity contribution in [2.45, 2.75) is 6.42 Å². The molecule has 0 unspecified atom stereocenters. The standard InChI is InChI=1S/C11H13NO/c1-3-4-9-12-10-5-7-11(13-2)8-6-10/h1,5-8,12H,4,9H2,2H3. The summed E-state index contributed by atoms with van der Waals surface area (Å²) in [7, 11) is 1.65. The fourth-order valence-corrected chi connectivity index (χ4v) is 0.988. The Morgan fingerprint density at radius 2 is 2.08 bits per heavy atom. The fraction of sp³-hybridized carbons (Fsp3) is 0.273. The van der Waals surface area contributed by atoms with Gasteiger partial charge in [-0.05, 0) is 24.3 Å². The molecule has 2 nitrogen and oxygen atoms in total. The third-order valence-corrected chi connectivity index (χ3v) is 1.69. The van der Waals surface area contributed by atoms with Gasteiger partial charge >= 0.3 is 0 Å². The van der Waals surface area contributed by atoms with Crippen LogP contribution in [0.2, 0.25) is 0 Å². The topological polar surface area (TPSA) is 21.3 Å². The van der Waals surface area contributed by atoms with Gasteiger partial charge in [-0.2, -0.15) is 0 Å². The van der Waals surface area contributed by atoms with E-state index in [-0.39, 0.29) is 0 Å². The first-order valence-corrected chi connectivity index (χ1v) is 4.18. The predicted molar refractivity (Wildman–Crippen MR) is 54.9 cm³/mol. The number of methoxy groups -OCH3 is 1. The SMILES string of the molecule is C#CCCNc1ccc(OC)cc1. The number of hydrogen-bond acceptors (Lipinski definition) is 2. The lowest BCUT2D eigenvalue weighted by Gasteiger charge is -2.04. The van der Waals surface area contributed by atoms with E-state index in [2.05, 4.69) is 11.2 Å². The molecule has 0 heterocycles. The zero-order chi connectivity index (χ0) is 9.52. The van der Waals surface area contributed by atoms with Crippen molar-refractivity contribution >= 4 is 5.69 Å². The highest BCUT2D eigenvalue weighted by atomic mass is 16.5. The van der Waals surface area contributed by atoms with Crippen molar-refractivity contribution in [2.75, 3.05) is 19.0 Å². The summed E-state index contributed by atoms with van der Waals surface area (Å²) in [4.78, 5) is 0. The molecule has 68 valence electrons. The number of anilines is 1. The summed E-state index contributed by atoms with van der Waals surface area (Å²) in [6, 6.07) is 7.76. The lowest BCUT2D eigenvalue weighted by atomic mass is 10.3. The molecule has 0 saturated heterocycles. The number of nitrogens with one attached hydrogen (secondary N) is 1. The molecule has 0 spiro atoms. The van der Waals surface area contributed by atoms with Crippen molar-refractivity contribution in [2.24, 2.45) is 0 Å². The molecule has 0 atom stereocenters. The highest BCUT2D eigenvalue weighted by Gasteiger charge is 1.91. The number of terminal acetylenes is 1. The predicted octanol–water partition coefficient (Wildman–Crippen LogP) is 2.13. The Balaban J connectivity index is 2.45. The number of hydrogen-bond donors (Lipinski definition) is 1. The van der Waals surface area contributed by atoms with Gasteiger partial charge in [-0.15, -0.1) is 12.3 Å². The largest absolute Gasteiger partial charge is 0.497 e. The van der Waals surface area contributed by atoms with E-state index >= 15 is 0 Å². The van der Waals surface area contributed by atoms with Gasteiger partial charge in [0.05, 0.1) is 7.11 Å². The van der Waals surface area contributed by atoms with E-state index in [1.165, 1.54) is 0 Å². The second-order valence-electron chi connectivity index (χ2n) is 2.61. The van der Waals surface area contributed by atoms with E-state index in [0.717, 1.165) is 24.4 Å². The highest BCUT2D eigenvalue weighted by Crippen LogP contribution is 2.14. The van der Waals surface area contributed by atoms with Crippen LogP contribution in [0.25, 0.3) is 0 Å². The lowest BCUT2D eigenvalue weighted by Crippen LogP contribution is -1.99. The molecule has 1 rings (SSSR count). The van der Waals surface area contributed by atoms with Crippen molar-refractivity contribution < 1.29 is 4.74 Å². The first-order valence-electron chi connectivity index (χ1n) is 4.18. The van der Waals surface area contributed by atoms with Gasteiger partial charge < -0.3 is 10.1 Å². The molecular weight excluding hydrogens is 162 g/mol. The average molecular weight is 175 g/mol. The summed E-state index contributed by atoms with van der Waals surface area (Å²) in [6.45, 7) is 0.808. The summed E-state index contributed by atoms with van der Waals surface area (Å²) in [6.07, 6.45) is 5.87. The van der Waals surface area contributed by atoms with Gasteiger partial charge in [0.25, 0.3) is 0 Å². The zero-order valence-electron chi connectivity index (χ0n) is 7.71. The minimum absolute atomic E-state index is 0.742. The quantitative estimate of drug-likeness (QED) is 0.559. The van der Waals surface area contributed by atoms with E-state index in [1.807, 2.05) is 24.3 Å². The molecule has 0 saturated carbocycles. The molecule has 0 aliphatic rings. The summed E-state index contributed by atoms with van der Waals surface area (Å²) in [5.41, 5.74) is 1.07. The van der Waals surface area contributed by atoms with Crippen molar-refractivity contribution in [3.8, 4) is 18.1 Å². The van der Waals surface area contributed by atoms with Gasteiger partial charge in [-0.3, -0.25) is 0 Å². The van der Waals surface area contributed by atoms with Crippen LogP contribution in [-0.2, 0) is 0 Å². The van der Waals surface area contributed by atoms with Crippen LogP contribution in [-0.4, -0.2) is 13.7 Å². The molecule has 0 aliphatic heterocycles. The Kier molecular flexibility index (Phi) is 3.72. The van der Waals surface area contributed by atoms with E-state index in [9.17, 15) is 0 Å². The zero-order valence-corrected chi connectivity index (χ0v) is 7.71. The highest BCUT2D eigenvalue weighted by molar-refractivity contribution is 5.46. The third-order valence-electron chi connectivity index (χ3n) is 1.69.